The fraction of sp³-hybridized carbons (Fsp3) is 0.556. The van der Waals surface area contributed by atoms with Crippen molar-refractivity contribution in [1.82, 2.24) is 9.55 Å². The third-order valence-corrected chi connectivity index (χ3v) is 1.91. The smallest absolute Gasteiger partial charge is 0.320 e. The number of aryl methyl sites for hydroxylation is 2. The third-order valence-electron chi connectivity index (χ3n) is 1.91. The molecule has 1 rings (SSSR count). The van der Waals surface area contributed by atoms with E-state index in [4.69, 9.17) is 0 Å². The lowest BCUT2D eigenvalue weighted by atomic mass is 10.3. The first kappa shape index (κ1) is 11.7. The maximum Gasteiger partial charge on any atom is 0.410 e. The van der Waals surface area contributed by atoms with Crippen LogP contribution in [0.4, 0.5) is 13.2 Å². The van der Waals surface area contributed by atoms with Gasteiger partial charge in [-0.2, -0.15) is 13.2 Å². The number of hydrogen-bond donors (Lipinski definition) is 0. The fourth-order valence-corrected chi connectivity index (χ4v) is 0.927. The number of nitrogens with zero attached hydrogens (tertiary/aromatic N) is 3. The van der Waals surface area contributed by atoms with Crippen molar-refractivity contribution in [3.05, 3.63) is 23.6 Å². The van der Waals surface area contributed by atoms with E-state index in [0.29, 0.717) is 5.69 Å². The maximum atomic E-state index is 12.2. The molecule has 1 unspecified atom stereocenters. The van der Waals surface area contributed by atoms with Crippen LogP contribution in [0.25, 0.3) is 0 Å². The second kappa shape index (κ2) is 4.04. The Balaban J connectivity index is 3.15. The molecule has 3 nitrogen and oxygen atoms in total. The van der Waals surface area contributed by atoms with Crippen molar-refractivity contribution in [2.75, 3.05) is 0 Å². The second-order valence-corrected chi connectivity index (χ2v) is 3.33. The first-order valence-corrected chi connectivity index (χ1v) is 4.41. The van der Waals surface area contributed by atoms with Gasteiger partial charge in [-0.25, -0.2) is 9.98 Å². The van der Waals surface area contributed by atoms with Crippen molar-refractivity contribution in [2.45, 2.75) is 26.1 Å². The Bertz CT molecular complexity index is 406. The van der Waals surface area contributed by atoms with Crippen molar-refractivity contribution < 1.29 is 13.2 Å². The zero-order valence-corrected chi connectivity index (χ0v) is 8.71. The van der Waals surface area contributed by atoms with Gasteiger partial charge in [-0.15, -0.1) is 0 Å². The van der Waals surface area contributed by atoms with Gasteiger partial charge < -0.3 is 4.57 Å². The minimum Gasteiger partial charge on any atom is -0.320 e. The van der Waals surface area contributed by atoms with Gasteiger partial charge >= 0.3 is 6.18 Å². The summed E-state index contributed by atoms with van der Waals surface area (Å²) < 4.78 is 38.2. The van der Waals surface area contributed by atoms with Crippen molar-refractivity contribution in [3.8, 4) is 0 Å². The quantitative estimate of drug-likeness (QED) is 0.705. The molecule has 6 heteroatoms. The van der Waals surface area contributed by atoms with Gasteiger partial charge in [0.1, 0.15) is 6.04 Å². The Hall–Kier alpha value is -1.33. The summed E-state index contributed by atoms with van der Waals surface area (Å²) in [5.74, 6) is 0. The highest BCUT2D eigenvalue weighted by Gasteiger charge is 2.35. The maximum absolute atomic E-state index is 12.2. The van der Waals surface area contributed by atoms with E-state index in [1.54, 1.807) is 26.2 Å². The molecule has 1 aromatic heterocycles. The molecule has 0 aromatic carbocycles. The van der Waals surface area contributed by atoms with Gasteiger partial charge in [-0.1, -0.05) is 0 Å². The Morgan fingerprint density at radius 2 is 2.07 bits per heavy atom. The molecule has 1 atom stereocenters. The summed E-state index contributed by atoms with van der Waals surface area (Å²) in [4.78, 5) is 7.44. The molecule has 0 N–H and O–H groups in total. The molecule has 0 aliphatic heterocycles. The minimum atomic E-state index is -4.32. The number of aromatic nitrogens is 2. The largest absolute Gasteiger partial charge is 0.410 e. The summed E-state index contributed by atoms with van der Waals surface area (Å²) in [5, 5.41) is 0. The SMILES string of the molecule is Cc1ccn(C)c(=NC(C)C(F)(F)F)n1. The average Bonchev–Trinajstić information content (AvgIpc) is 2.09. The Morgan fingerprint density at radius 1 is 1.47 bits per heavy atom. The van der Waals surface area contributed by atoms with Gasteiger partial charge in [0.05, 0.1) is 0 Å². The second-order valence-electron chi connectivity index (χ2n) is 3.33. The van der Waals surface area contributed by atoms with E-state index in [1.165, 1.54) is 4.57 Å². The van der Waals surface area contributed by atoms with Gasteiger partial charge in [0.15, 0.2) is 0 Å². The average molecular weight is 219 g/mol. The molecule has 84 valence electrons. The molecule has 15 heavy (non-hydrogen) atoms. The molecule has 1 heterocycles. The molecule has 0 saturated carbocycles. The summed E-state index contributed by atoms with van der Waals surface area (Å²) >= 11 is 0. The van der Waals surface area contributed by atoms with Crippen molar-refractivity contribution in [2.24, 2.45) is 12.0 Å². The highest BCUT2D eigenvalue weighted by molar-refractivity contribution is 4.94. The van der Waals surface area contributed by atoms with E-state index >= 15 is 0 Å². The van der Waals surface area contributed by atoms with Crippen LogP contribution < -0.4 is 5.62 Å². The molecular weight excluding hydrogens is 207 g/mol. The molecule has 1 aromatic rings. The molecule has 0 saturated heterocycles. The molecule has 0 fully saturated rings. The first-order valence-electron chi connectivity index (χ1n) is 4.41. The van der Waals surface area contributed by atoms with E-state index in [9.17, 15) is 13.2 Å². The van der Waals surface area contributed by atoms with Crippen LogP contribution in [0.5, 0.6) is 0 Å². The van der Waals surface area contributed by atoms with Crippen LogP contribution in [-0.4, -0.2) is 21.8 Å². The number of halogens is 3. The van der Waals surface area contributed by atoms with Crippen molar-refractivity contribution in [3.63, 3.8) is 0 Å². The van der Waals surface area contributed by atoms with Gasteiger partial charge in [0, 0.05) is 18.9 Å². The van der Waals surface area contributed by atoms with Crippen LogP contribution in [0.3, 0.4) is 0 Å². The van der Waals surface area contributed by atoms with Gasteiger partial charge in [-0.3, -0.25) is 0 Å². The van der Waals surface area contributed by atoms with Crippen LogP contribution in [0.2, 0.25) is 0 Å². The van der Waals surface area contributed by atoms with E-state index in [2.05, 4.69) is 9.98 Å². The summed E-state index contributed by atoms with van der Waals surface area (Å²) in [7, 11) is 1.61. The standard InChI is InChI=1S/C9H12F3N3/c1-6-4-5-15(3)8(13-6)14-7(2)9(10,11)12/h4-5,7H,1-3H3. The number of alkyl halides is 3. The Labute approximate surface area is 85.3 Å². The van der Waals surface area contributed by atoms with Crippen LogP contribution in [0.1, 0.15) is 12.6 Å². The molecule has 0 aliphatic rings. The topological polar surface area (TPSA) is 30.2 Å². The van der Waals surface area contributed by atoms with Crippen molar-refractivity contribution in [1.29, 1.82) is 0 Å². The molecule has 0 bridgehead atoms. The van der Waals surface area contributed by atoms with E-state index < -0.39 is 12.2 Å². The monoisotopic (exact) mass is 219 g/mol. The van der Waals surface area contributed by atoms with E-state index in [1.807, 2.05) is 0 Å². The molecule has 0 amide bonds. The predicted octanol–water partition coefficient (Wildman–Crippen LogP) is 1.58. The van der Waals surface area contributed by atoms with E-state index in [-0.39, 0.29) is 5.62 Å². The van der Waals surface area contributed by atoms with Crippen molar-refractivity contribution >= 4 is 0 Å². The van der Waals surface area contributed by atoms with Gasteiger partial charge in [-0.05, 0) is 19.9 Å². The summed E-state index contributed by atoms with van der Waals surface area (Å²) in [6.45, 7) is 2.71. The van der Waals surface area contributed by atoms with Crippen LogP contribution >= 0.6 is 0 Å². The molecule has 0 aliphatic carbocycles. The van der Waals surface area contributed by atoms with E-state index in [0.717, 1.165) is 6.92 Å². The molecule has 0 radical (unpaired) electrons. The lowest BCUT2D eigenvalue weighted by Gasteiger charge is -2.10. The number of rotatable bonds is 1. The first-order chi connectivity index (χ1) is 6.80. The van der Waals surface area contributed by atoms with Gasteiger partial charge in [0.25, 0.3) is 0 Å². The summed E-state index contributed by atoms with van der Waals surface area (Å²) in [5.41, 5.74) is 0.723. The summed E-state index contributed by atoms with van der Waals surface area (Å²) in [6.07, 6.45) is -2.69. The predicted molar refractivity (Wildman–Crippen MR) is 49.0 cm³/mol. The zero-order valence-electron chi connectivity index (χ0n) is 8.71. The number of hydrogen-bond acceptors (Lipinski definition) is 2. The third kappa shape index (κ3) is 3.07. The highest BCUT2D eigenvalue weighted by Crippen LogP contribution is 2.21. The lowest BCUT2D eigenvalue weighted by molar-refractivity contribution is -0.143. The minimum absolute atomic E-state index is 0.0832. The normalized spacial score (nSPS) is 15.5. The Kier molecular flexibility index (Phi) is 3.16. The van der Waals surface area contributed by atoms with Crippen LogP contribution in [0.15, 0.2) is 17.3 Å². The molecule has 0 spiro atoms. The Morgan fingerprint density at radius 3 is 2.60 bits per heavy atom. The summed E-state index contributed by atoms with van der Waals surface area (Å²) in [6, 6.07) is -0.0323. The molecular formula is C9H12F3N3. The van der Waals surface area contributed by atoms with Crippen LogP contribution in [-0.2, 0) is 7.05 Å². The van der Waals surface area contributed by atoms with Crippen LogP contribution in [0, 0.1) is 6.92 Å². The lowest BCUT2D eigenvalue weighted by Crippen LogP contribution is -2.30. The highest BCUT2D eigenvalue weighted by atomic mass is 19.4. The zero-order chi connectivity index (χ0) is 11.6. The fourth-order valence-electron chi connectivity index (χ4n) is 0.927. The van der Waals surface area contributed by atoms with Gasteiger partial charge in [0.2, 0.25) is 5.62 Å².